The number of carbonyl (C=O) groups excluding carboxylic acids is 1. The number of rotatable bonds is 6. The summed E-state index contributed by atoms with van der Waals surface area (Å²) < 4.78 is 11.6. The summed E-state index contributed by atoms with van der Waals surface area (Å²) in [6.07, 6.45) is 0. The van der Waals surface area contributed by atoms with Crippen LogP contribution in [0.5, 0.6) is 11.5 Å². The Kier molecular flexibility index (Phi) is 5.97. The fourth-order valence-corrected chi connectivity index (χ4v) is 2.96. The number of aryl methyl sites for hydroxylation is 2. The zero-order valence-electron chi connectivity index (χ0n) is 16.9. The number of methoxy groups -OCH3 is 2. The van der Waals surface area contributed by atoms with Crippen LogP contribution in [0.4, 0.5) is 5.69 Å². The zero-order valence-corrected chi connectivity index (χ0v) is 16.9. The van der Waals surface area contributed by atoms with Crippen molar-refractivity contribution in [2.24, 2.45) is 0 Å². The van der Waals surface area contributed by atoms with Crippen molar-refractivity contribution >= 4 is 11.6 Å². The van der Waals surface area contributed by atoms with Crippen LogP contribution in [-0.2, 0) is 11.3 Å². The van der Waals surface area contributed by atoms with Crippen molar-refractivity contribution in [2.45, 2.75) is 20.4 Å². The predicted octanol–water partition coefficient (Wildman–Crippen LogP) is 3.18. The van der Waals surface area contributed by atoms with Gasteiger partial charge in [0.05, 0.1) is 25.6 Å². The second kappa shape index (κ2) is 8.60. The molecular formula is C22H23N3O4. The van der Waals surface area contributed by atoms with Crippen LogP contribution in [0, 0.1) is 13.8 Å². The normalized spacial score (nSPS) is 10.5. The van der Waals surface area contributed by atoms with Crippen LogP contribution in [-0.4, -0.2) is 29.9 Å². The molecule has 1 amide bonds. The average molecular weight is 393 g/mol. The highest BCUT2D eigenvalue weighted by molar-refractivity contribution is 5.92. The maximum atomic E-state index is 12.6. The fraction of sp³-hybridized carbons (Fsp3) is 0.227. The van der Waals surface area contributed by atoms with E-state index in [1.165, 1.54) is 20.3 Å². The molecule has 7 heteroatoms. The molecule has 0 aliphatic heterocycles. The largest absolute Gasteiger partial charge is 0.497 e. The van der Waals surface area contributed by atoms with E-state index >= 15 is 0 Å². The second-order valence-corrected chi connectivity index (χ2v) is 6.65. The van der Waals surface area contributed by atoms with E-state index < -0.39 is 5.91 Å². The Bertz CT molecular complexity index is 1110. The van der Waals surface area contributed by atoms with Crippen LogP contribution >= 0.6 is 0 Å². The van der Waals surface area contributed by atoms with Gasteiger partial charge in [-0.3, -0.25) is 9.59 Å². The van der Waals surface area contributed by atoms with Gasteiger partial charge in [0.1, 0.15) is 18.0 Å². The van der Waals surface area contributed by atoms with Gasteiger partial charge in [0.25, 0.3) is 5.56 Å². The van der Waals surface area contributed by atoms with Crippen molar-refractivity contribution in [3.63, 3.8) is 0 Å². The molecule has 1 N–H and O–H groups in total. The molecule has 1 aromatic heterocycles. The van der Waals surface area contributed by atoms with E-state index in [9.17, 15) is 9.59 Å². The number of hydrogen-bond acceptors (Lipinski definition) is 5. The van der Waals surface area contributed by atoms with Gasteiger partial charge in [0, 0.05) is 17.7 Å². The molecule has 0 spiro atoms. The number of ether oxygens (including phenoxy) is 2. The molecule has 0 unspecified atom stereocenters. The summed E-state index contributed by atoms with van der Waals surface area (Å²) in [5, 5.41) is 7.14. The van der Waals surface area contributed by atoms with Gasteiger partial charge in [0.15, 0.2) is 0 Å². The lowest BCUT2D eigenvalue weighted by atomic mass is 10.0. The molecule has 0 aliphatic carbocycles. The minimum Gasteiger partial charge on any atom is -0.497 e. The molecule has 1 heterocycles. The number of nitrogens with zero attached hydrogens (tertiary/aromatic N) is 2. The average Bonchev–Trinajstić information content (AvgIpc) is 2.71. The van der Waals surface area contributed by atoms with Crippen LogP contribution in [0.3, 0.4) is 0 Å². The highest BCUT2D eigenvalue weighted by atomic mass is 16.5. The highest BCUT2D eigenvalue weighted by Crippen LogP contribution is 2.29. The zero-order chi connectivity index (χ0) is 21.0. The Balaban J connectivity index is 1.86. The first-order valence-electron chi connectivity index (χ1n) is 9.09. The van der Waals surface area contributed by atoms with E-state index in [0.717, 1.165) is 21.4 Å². The Morgan fingerprint density at radius 2 is 1.83 bits per heavy atom. The van der Waals surface area contributed by atoms with Gasteiger partial charge in [-0.05, 0) is 43.7 Å². The number of aromatic nitrogens is 2. The first-order chi connectivity index (χ1) is 13.9. The summed E-state index contributed by atoms with van der Waals surface area (Å²) >= 11 is 0. The molecule has 7 nitrogen and oxygen atoms in total. The maximum absolute atomic E-state index is 12.6. The minimum atomic E-state index is -0.399. The van der Waals surface area contributed by atoms with Crippen LogP contribution in [0.2, 0.25) is 0 Å². The predicted molar refractivity (Wildman–Crippen MR) is 112 cm³/mol. The van der Waals surface area contributed by atoms with Gasteiger partial charge < -0.3 is 14.8 Å². The Hall–Kier alpha value is -3.61. The Labute approximate surface area is 168 Å². The number of amides is 1. The van der Waals surface area contributed by atoms with Gasteiger partial charge in [-0.2, -0.15) is 5.10 Å². The molecule has 0 bridgehead atoms. The van der Waals surface area contributed by atoms with Crippen molar-refractivity contribution in [3.05, 3.63) is 70.0 Å². The summed E-state index contributed by atoms with van der Waals surface area (Å²) in [5.41, 5.74) is 3.79. The van der Waals surface area contributed by atoms with Crippen molar-refractivity contribution in [1.29, 1.82) is 0 Å². The number of carbonyl (C=O) groups is 1. The van der Waals surface area contributed by atoms with Crippen molar-refractivity contribution in [1.82, 2.24) is 9.78 Å². The van der Waals surface area contributed by atoms with E-state index in [2.05, 4.69) is 10.4 Å². The topological polar surface area (TPSA) is 82.4 Å². The minimum absolute atomic E-state index is 0.224. The first-order valence-corrected chi connectivity index (χ1v) is 9.09. The lowest BCUT2D eigenvalue weighted by Gasteiger charge is -2.13. The number of benzene rings is 2. The summed E-state index contributed by atoms with van der Waals surface area (Å²) in [6.45, 7) is 3.75. The number of anilines is 1. The maximum Gasteiger partial charge on any atom is 0.267 e. The first kappa shape index (κ1) is 20.1. The molecule has 0 aliphatic rings. The Morgan fingerprint density at radius 3 is 2.55 bits per heavy atom. The van der Waals surface area contributed by atoms with E-state index in [0.29, 0.717) is 22.9 Å². The molecule has 0 saturated heterocycles. The van der Waals surface area contributed by atoms with Crippen LogP contribution < -0.4 is 20.3 Å². The SMILES string of the molecule is COc1ccc(OC)c(NC(=O)Cn2nc(-c3cc(C)ccc3C)ccc2=O)c1. The Morgan fingerprint density at radius 1 is 1.03 bits per heavy atom. The van der Waals surface area contributed by atoms with Gasteiger partial charge >= 0.3 is 0 Å². The van der Waals surface area contributed by atoms with Gasteiger partial charge in [0.2, 0.25) is 5.91 Å². The van der Waals surface area contributed by atoms with E-state index in [1.807, 2.05) is 32.0 Å². The number of hydrogen-bond donors (Lipinski definition) is 1. The molecule has 150 valence electrons. The summed E-state index contributed by atoms with van der Waals surface area (Å²) in [7, 11) is 3.05. The molecule has 0 radical (unpaired) electrons. The summed E-state index contributed by atoms with van der Waals surface area (Å²) in [6, 6.07) is 14.2. The lowest BCUT2D eigenvalue weighted by molar-refractivity contribution is -0.117. The summed E-state index contributed by atoms with van der Waals surface area (Å²) in [5.74, 6) is 0.668. The third kappa shape index (κ3) is 4.63. The molecule has 0 fully saturated rings. The molecule has 0 atom stereocenters. The molecular weight excluding hydrogens is 370 g/mol. The van der Waals surface area contributed by atoms with Gasteiger partial charge in [-0.1, -0.05) is 17.7 Å². The monoisotopic (exact) mass is 393 g/mol. The van der Waals surface area contributed by atoms with Crippen molar-refractivity contribution in [2.75, 3.05) is 19.5 Å². The summed E-state index contributed by atoms with van der Waals surface area (Å²) in [4.78, 5) is 24.8. The molecule has 3 aromatic rings. The van der Waals surface area contributed by atoms with Crippen LogP contribution in [0.15, 0.2) is 53.3 Å². The quantitative estimate of drug-likeness (QED) is 0.696. The highest BCUT2D eigenvalue weighted by Gasteiger charge is 2.13. The van der Waals surface area contributed by atoms with Crippen LogP contribution in [0.1, 0.15) is 11.1 Å². The molecule has 2 aromatic carbocycles. The fourth-order valence-electron chi connectivity index (χ4n) is 2.96. The number of nitrogens with one attached hydrogen (secondary N) is 1. The molecule has 29 heavy (non-hydrogen) atoms. The smallest absolute Gasteiger partial charge is 0.267 e. The van der Waals surface area contributed by atoms with Crippen LogP contribution in [0.25, 0.3) is 11.3 Å². The van der Waals surface area contributed by atoms with Crippen molar-refractivity contribution in [3.8, 4) is 22.8 Å². The molecule has 0 saturated carbocycles. The molecule has 3 rings (SSSR count). The van der Waals surface area contributed by atoms with E-state index in [1.54, 1.807) is 24.3 Å². The second-order valence-electron chi connectivity index (χ2n) is 6.65. The van der Waals surface area contributed by atoms with Gasteiger partial charge in [-0.25, -0.2) is 4.68 Å². The third-order valence-corrected chi connectivity index (χ3v) is 4.51. The van der Waals surface area contributed by atoms with Crippen molar-refractivity contribution < 1.29 is 14.3 Å². The third-order valence-electron chi connectivity index (χ3n) is 4.51. The standard InChI is InChI=1S/C22H23N3O4/c1-14-5-6-15(2)17(11-14)18-8-10-22(27)25(24-18)13-21(26)23-19-12-16(28-3)7-9-20(19)29-4/h5-12H,13H2,1-4H3,(H,23,26). The lowest BCUT2D eigenvalue weighted by Crippen LogP contribution is -2.29. The van der Waals surface area contributed by atoms with E-state index in [-0.39, 0.29) is 12.1 Å². The van der Waals surface area contributed by atoms with E-state index in [4.69, 9.17) is 9.47 Å². The van der Waals surface area contributed by atoms with Gasteiger partial charge in [-0.15, -0.1) is 0 Å².